The van der Waals surface area contributed by atoms with E-state index in [2.05, 4.69) is 0 Å². The van der Waals surface area contributed by atoms with Gasteiger partial charge in [-0.05, 0) is 35.4 Å². The minimum atomic E-state index is -0.478. The van der Waals surface area contributed by atoms with Gasteiger partial charge in [-0.2, -0.15) is 0 Å². The molecule has 6 heteroatoms. The molecule has 0 unspecified atom stereocenters. The Balaban J connectivity index is 1.75. The molecule has 6 nitrogen and oxygen atoms in total. The van der Waals surface area contributed by atoms with E-state index >= 15 is 0 Å². The van der Waals surface area contributed by atoms with Crippen molar-refractivity contribution in [3.8, 4) is 23.0 Å². The fraction of sp³-hybridized carbons (Fsp3) is 0.0833. The SMILES string of the molecule is COc1ccc(C2=c3cc4c(cc3OC2=O)=C(c2ccccc2)C(=O)O4)cc1OC. The van der Waals surface area contributed by atoms with Gasteiger partial charge in [-0.15, -0.1) is 0 Å². The summed E-state index contributed by atoms with van der Waals surface area (Å²) in [6.07, 6.45) is 0. The molecule has 0 N–H and O–H groups in total. The quantitative estimate of drug-likeness (QED) is 0.493. The van der Waals surface area contributed by atoms with Gasteiger partial charge in [0.2, 0.25) is 0 Å². The standard InChI is InChI=1S/C24H16O6/c1-27-17-9-8-14(10-20(17)28-2)22-16-12-18-15(11-19(16)30-24(22)26)21(23(25)29-18)13-6-4-3-5-7-13/h3-12H,1-2H3. The van der Waals surface area contributed by atoms with E-state index in [4.69, 9.17) is 18.9 Å². The summed E-state index contributed by atoms with van der Waals surface area (Å²) in [5.74, 6) is 0.922. The average molecular weight is 400 g/mol. The molecular weight excluding hydrogens is 384 g/mol. The van der Waals surface area contributed by atoms with Crippen LogP contribution in [-0.2, 0) is 9.59 Å². The third kappa shape index (κ3) is 2.65. The minimum absolute atomic E-state index is 0.373. The van der Waals surface area contributed by atoms with E-state index in [0.29, 0.717) is 50.1 Å². The number of ether oxygens (including phenoxy) is 4. The van der Waals surface area contributed by atoms with Gasteiger partial charge in [0.15, 0.2) is 11.5 Å². The molecule has 0 aromatic heterocycles. The molecule has 0 radical (unpaired) electrons. The molecule has 2 aliphatic rings. The second-order valence-corrected chi connectivity index (χ2v) is 6.81. The zero-order valence-electron chi connectivity index (χ0n) is 16.2. The monoisotopic (exact) mass is 400 g/mol. The fourth-order valence-corrected chi connectivity index (χ4v) is 3.78. The van der Waals surface area contributed by atoms with Gasteiger partial charge in [0.25, 0.3) is 0 Å². The smallest absolute Gasteiger partial charge is 0.344 e. The highest BCUT2D eigenvalue weighted by atomic mass is 16.5. The summed E-state index contributed by atoms with van der Waals surface area (Å²) in [5.41, 5.74) is 2.18. The van der Waals surface area contributed by atoms with Crippen molar-refractivity contribution in [1.29, 1.82) is 0 Å². The lowest BCUT2D eigenvalue weighted by Gasteiger charge is -2.09. The summed E-state index contributed by atoms with van der Waals surface area (Å²) in [7, 11) is 3.07. The normalized spacial score (nSPS) is 14.2. The zero-order chi connectivity index (χ0) is 20.8. The third-order valence-corrected chi connectivity index (χ3v) is 5.17. The van der Waals surface area contributed by atoms with E-state index in [1.54, 1.807) is 37.4 Å². The first-order valence-corrected chi connectivity index (χ1v) is 9.25. The predicted octanol–water partition coefficient (Wildman–Crippen LogP) is 1.94. The zero-order valence-corrected chi connectivity index (χ0v) is 16.2. The first-order valence-electron chi connectivity index (χ1n) is 9.25. The number of hydrogen-bond donors (Lipinski definition) is 0. The first-order chi connectivity index (χ1) is 14.6. The first kappa shape index (κ1) is 18.0. The second-order valence-electron chi connectivity index (χ2n) is 6.81. The Morgan fingerprint density at radius 1 is 0.633 bits per heavy atom. The molecule has 0 bridgehead atoms. The van der Waals surface area contributed by atoms with Crippen LogP contribution in [0.3, 0.4) is 0 Å². The molecule has 0 saturated heterocycles. The van der Waals surface area contributed by atoms with Gasteiger partial charge >= 0.3 is 11.9 Å². The molecule has 3 aromatic rings. The molecule has 2 heterocycles. The van der Waals surface area contributed by atoms with Gasteiger partial charge in [-0.3, -0.25) is 0 Å². The van der Waals surface area contributed by atoms with E-state index in [1.807, 2.05) is 30.3 Å². The van der Waals surface area contributed by atoms with Crippen molar-refractivity contribution in [3.63, 3.8) is 0 Å². The number of carbonyl (C=O) groups excluding carboxylic acids is 2. The summed E-state index contributed by atoms with van der Waals surface area (Å²) in [6.45, 7) is 0. The van der Waals surface area contributed by atoms with E-state index in [1.165, 1.54) is 7.11 Å². The van der Waals surface area contributed by atoms with Gasteiger partial charge < -0.3 is 18.9 Å². The van der Waals surface area contributed by atoms with Crippen molar-refractivity contribution in [2.45, 2.75) is 0 Å². The summed E-state index contributed by atoms with van der Waals surface area (Å²) >= 11 is 0. The van der Waals surface area contributed by atoms with Crippen molar-refractivity contribution in [3.05, 3.63) is 82.2 Å². The van der Waals surface area contributed by atoms with Crippen molar-refractivity contribution in [1.82, 2.24) is 0 Å². The van der Waals surface area contributed by atoms with Crippen LogP contribution in [-0.4, -0.2) is 26.2 Å². The van der Waals surface area contributed by atoms with Crippen LogP contribution in [0.5, 0.6) is 23.0 Å². The van der Waals surface area contributed by atoms with Crippen molar-refractivity contribution in [2.24, 2.45) is 0 Å². The highest BCUT2D eigenvalue weighted by molar-refractivity contribution is 6.21. The number of rotatable bonds is 4. The lowest BCUT2D eigenvalue weighted by molar-refractivity contribution is -0.128. The van der Waals surface area contributed by atoms with Gasteiger partial charge in [-0.25, -0.2) is 9.59 Å². The third-order valence-electron chi connectivity index (χ3n) is 5.17. The summed E-state index contributed by atoms with van der Waals surface area (Å²) in [6, 6.07) is 17.8. The second kappa shape index (κ2) is 6.77. The van der Waals surface area contributed by atoms with E-state index in [-0.39, 0.29) is 0 Å². The number of carbonyl (C=O) groups is 2. The number of methoxy groups -OCH3 is 2. The summed E-state index contributed by atoms with van der Waals surface area (Å²) in [5, 5.41) is 1.17. The van der Waals surface area contributed by atoms with Crippen molar-refractivity contribution in [2.75, 3.05) is 14.2 Å². The topological polar surface area (TPSA) is 71.1 Å². The molecule has 30 heavy (non-hydrogen) atoms. The van der Waals surface area contributed by atoms with Crippen LogP contribution >= 0.6 is 0 Å². The van der Waals surface area contributed by atoms with E-state index < -0.39 is 11.9 Å². The van der Waals surface area contributed by atoms with Crippen molar-refractivity contribution < 1.29 is 28.5 Å². The van der Waals surface area contributed by atoms with E-state index in [9.17, 15) is 9.59 Å². The minimum Gasteiger partial charge on any atom is -0.493 e. The lowest BCUT2D eigenvalue weighted by atomic mass is 10.0. The Morgan fingerprint density at radius 3 is 1.77 bits per heavy atom. The maximum Gasteiger partial charge on any atom is 0.344 e. The van der Waals surface area contributed by atoms with Gasteiger partial charge in [0, 0.05) is 10.4 Å². The molecule has 0 amide bonds. The Hall–Kier alpha value is -4.06. The number of benzene rings is 3. The van der Waals surface area contributed by atoms with Crippen LogP contribution in [0, 0.1) is 0 Å². The van der Waals surface area contributed by atoms with Crippen molar-refractivity contribution >= 4 is 23.1 Å². The van der Waals surface area contributed by atoms with Crippen LogP contribution in [0.15, 0.2) is 60.7 Å². The molecule has 3 aromatic carbocycles. The molecule has 5 rings (SSSR count). The van der Waals surface area contributed by atoms with Crippen LogP contribution in [0.4, 0.5) is 0 Å². The predicted molar refractivity (Wildman–Crippen MR) is 108 cm³/mol. The average Bonchev–Trinajstić information content (AvgIpc) is 3.26. The Bertz CT molecular complexity index is 1340. The molecule has 0 aliphatic carbocycles. The maximum atomic E-state index is 12.7. The van der Waals surface area contributed by atoms with Gasteiger partial charge in [0.1, 0.15) is 11.5 Å². The molecule has 0 atom stereocenters. The fourth-order valence-electron chi connectivity index (χ4n) is 3.78. The highest BCUT2D eigenvalue weighted by Crippen LogP contribution is 2.32. The lowest BCUT2D eigenvalue weighted by Crippen LogP contribution is -2.11. The molecule has 0 saturated carbocycles. The number of fused-ring (bicyclic) bond motifs is 2. The Kier molecular flexibility index (Phi) is 4.06. The van der Waals surface area contributed by atoms with Crippen LogP contribution < -0.4 is 29.4 Å². The van der Waals surface area contributed by atoms with Crippen LogP contribution in [0.25, 0.3) is 11.1 Å². The summed E-state index contributed by atoms with van der Waals surface area (Å²) < 4.78 is 21.6. The molecule has 0 fully saturated rings. The maximum absolute atomic E-state index is 12.7. The van der Waals surface area contributed by atoms with Gasteiger partial charge in [0.05, 0.1) is 25.4 Å². The molecule has 148 valence electrons. The van der Waals surface area contributed by atoms with Crippen LogP contribution in [0.2, 0.25) is 0 Å². The molecule has 2 aliphatic heterocycles. The number of hydrogen-bond acceptors (Lipinski definition) is 6. The summed E-state index contributed by atoms with van der Waals surface area (Å²) in [4.78, 5) is 25.2. The molecular formula is C24H16O6. The Labute approximate surface area is 171 Å². The number of esters is 2. The largest absolute Gasteiger partial charge is 0.493 e. The van der Waals surface area contributed by atoms with Crippen LogP contribution in [0.1, 0.15) is 11.1 Å². The highest BCUT2D eigenvalue weighted by Gasteiger charge is 2.30. The molecule has 0 spiro atoms. The Morgan fingerprint density at radius 2 is 1.20 bits per heavy atom. The van der Waals surface area contributed by atoms with Gasteiger partial charge in [-0.1, -0.05) is 36.4 Å². The van der Waals surface area contributed by atoms with E-state index in [0.717, 1.165) is 5.56 Å².